The molecule has 0 bridgehead atoms. The molecule has 0 N–H and O–H groups in total. The number of carbonyl (C=O) groups is 2. The Morgan fingerprint density at radius 1 is 1.04 bits per heavy atom. The summed E-state index contributed by atoms with van der Waals surface area (Å²) in [7, 11) is 0. The molecule has 0 aromatic heterocycles. The molecule has 1 atom stereocenters. The summed E-state index contributed by atoms with van der Waals surface area (Å²) < 4.78 is 5.77. The third kappa shape index (κ3) is 4.39. The number of fused-ring (bicyclic) bond motifs is 1. The van der Waals surface area contributed by atoms with Crippen molar-refractivity contribution < 1.29 is 14.3 Å². The minimum atomic E-state index is -0.538. The van der Waals surface area contributed by atoms with Crippen molar-refractivity contribution in [3.05, 3.63) is 35.4 Å². The highest BCUT2D eigenvalue weighted by Gasteiger charge is 2.34. The van der Waals surface area contributed by atoms with E-state index in [1.807, 2.05) is 21.9 Å². The van der Waals surface area contributed by atoms with Gasteiger partial charge in [-0.05, 0) is 49.4 Å². The third-order valence-electron chi connectivity index (χ3n) is 6.37. The predicted molar refractivity (Wildman–Crippen MR) is 107 cm³/mol. The number of likely N-dealkylation sites (tertiary alicyclic amines) is 1. The zero-order valence-electron chi connectivity index (χ0n) is 16.8. The lowest BCUT2D eigenvalue weighted by atomic mass is 9.99. The Balaban J connectivity index is 1.32. The molecule has 1 aromatic rings. The maximum atomic E-state index is 13.0. The number of ether oxygens (including phenoxy) is 1. The van der Waals surface area contributed by atoms with E-state index in [0.717, 1.165) is 44.8 Å². The largest absolute Gasteiger partial charge is 0.365 e. The van der Waals surface area contributed by atoms with Gasteiger partial charge in [0.25, 0.3) is 5.91 Å². The van der Waals surface area contributed by atoms with Crippen molar-refractivity contribution in [2.45, 2.75) is 38.8 Å². The van der Waals surface area contributed by atoms with Crippen LogP contribution in [-0.2, 0) is 27.3 Å². The molecular formula is C22H31N3O3. The van der Waals surface area contributed by atoms with Crippen LogP contribution in [0, 0.1) is 5.92 Å². The summed E-state index contributed by atoms with van der Waals surface area (Å²) in [6.07, 6.45) is 2.66. The average Bonchev–Trinajstić information content (AvgIpc) is 2.74. The van der Waals surface area contributed by atoms with Gasteiger partial charge in [-0.3, -0.25) is 14.5 Å². The molecule has 0 aliphatic carbocycles. The first-order valence-corrected chi connectivity index (χ1v) is 10.6. The zero-order chi connectivity index (χ0) is 19.5. The van der Waals surface area contributed by atoms with Crippen LogP contribution in [0.5, 0.6) is 0 Å². The van der Waals surface area contributed by atoms with E-state index in [4.69, 9.17) is 4.74 Å². The standard InChI is InChI=1S/C22H31N3O3/c1-17-6-9-23(10-7-17)16-21(26)24-12-13-28-20(15-24)22(27)25-11-8-18-4-2-3-5-19(18)14-25/h2-5,17,20H,6-16H2,1H3/t20-/m0/s1. The molecule has 28 heavy (non-hydrogen) atoms. The van der Waals surface area contributed by atoms with Gasteiger partial charge in [-0.25, -0.2) is 0 Å². The highest BCUT2D eigenvalue weighted by Crippen LogP contribution is 2.21. The Bertz CT molecular complexity index is 715. The second kappa shape index (κ2) is 8.62. The average molecular weight is 386 g/mol. The zero-order valence-corrected chi connectivity index (χ0v) is 16.8. The summed E-state index contributed by atoms with van der Waals surface area (Å²) in [5, 5.41) is 0. The number of morpholine rings is 1. The molecule has 3 heterocycles. The normalized spacial score (nSPS) is 24.1. The highest BCUT2D eigenvalue weighted by atomic mass is 16.5. The molecule has 6 nitrogen and oxygen atoms in total. The molecular weight excluding hydrogens is 354 g/mol. The van der Waals surface area contributed by atoms with Gasteiger partial charge in [0.05, 0.1) is 19.7 Å². The van der Waals surface area contributed by atoms with Crippen LogP contribution in [0.25, 0.3) is 0 Å². The fraction of sp³-hybridized carbons (Fsp3) is 0.636. The smallest absolute Gasteiger partial charge is 0.253 e. The first kappa shape index (κ1) is 19.4. The fourth-order valence-corrected chi connectivity index (χ4v) is 4.42. The van der Waals surface area contributed by atoms with Gasteiger partial charge in [-0.15, -0.1) is 0 Å². The molecule has 1 aromatic carbocycles. The van der Waals surface area contributed by atoms with Gasteiger partial charge < -0.3 is 14.5 Å². The number of piperidine rings is 1. The van der Waals surface area contributed by atoms with Gasteiger partial charge in [0, 0.05) is 19.6 Å². The van der Waals surface area contributed by atoms with Gasteiger partial charge in [0.1, 0.15) is 0 Å². The van der Waals surface area contributed by atoms with E-state index in [0.29, 0.717) is 32.8 Å². The molecule has 4 rings (SSSR count). The summed E-state index contributed by atoms with van der Waals surface area (Å²) >= 11 is 0. The van der Waals surface area contributed by atoms with E-state index in [9.17, 15) is 9.59 Å². The van der Waals surface area contributed by atoms with E-state index < -0.39 is 6.10 Å². The number of carbonyl (C=O) groups excluding carboxylic acids is 2. The number of hydrogen-bond donors (Lipinski definition) is 0. The van der Waals surface area contributed by atoms with Crippen molar-refractivity contribution in [3.8, 4) is 0 Å². The van der Waals surface area contributed by atoms with Crippen LogP contribution in [0.2, 0.25) is 0 Å². The van der Waals surface area contributed by atoms with Crippen LogP contribution in [0.3, 0.4) is 0 Å². The summed E-state index contributed by atoms with van der Waals surface area (Å²) in [6, 6.07) is 8.29. The minimum Gasteiger partial charge on any atom is -0.365 e. The van der Waals surface area contributed by atoms with Crippen molar-refractivity contribution in [2.75, 3.05) is 45.9 Å². The molecule has 0 radical (unpaired) electrons. The summed E-state index contributed by atoms with van der Waals surface area (Å²) in [5.74, 6) is 0.893. The monoisotopic (exact) mass is 385 g/mol. The van der Waals surface area contributed by atoms with E-state index in [1.54, 1.807) is 0 Å². The Labute approximate surface area is 167 Å². The molecule has 152 valence electrons. The highest BCUT2D eigenvalue weighted by molar-refractivity contribution is 5.84. The molecule has 0 spiro atoms. The van der Waals surface area contributed by atoms with Crippen molar-refractivity contribution >= 4 is 11.8 Å². The summed E-state index contributed by atoms with van der Waals surface area (Å²) in [5.41, 5.74) is 2.54. The fourth-order valence-electron chi connectivity index (χ4n) is 4.42. The van der Waals surface area contributed by atoms with Crippen LogP contribution in [-0.4, -0.2) is 78.5 Å². The van der Waals surface area contributed by atoms with E-state index in [-0.39, 0.29) is 11.8 Å². The van der Waals surface area contributed by atoms with Gasteiger partial charge in [0.15, 0.2) is 6.10 Å². The van der Waals surface area contributed by atoms with Gasteiger partial charge in [-0.1, -0.05) is 31.2 Å². The predicted octanol–water partition coefficient (Wildman–Crippen LogP) is 1.53. The maximum Gasteiger partial charge on any atom is 0.253 e. The molecule has 3 aliphatic rings. The van der Waals surface area contributed by atoms with E-state index in [2.05, 4.69) is 24.0 Å². The van der Waals surface area contributed by atoms with Crippen LogP contribution in [0.4, 0.5) is 0 Å². The number of rotatable bonds is 3. The van der Waals surface area contributed by atoms with Crippen molar-refractivity contribution in [1.82, 2.24) is 14.7 Å². The molecule has 0 unspecified atom stereocenters. The lowest BCUT2D eigenvalue weighted by Gasteiger charge is -2.38. The maximum absolute atomic E-state index is 13.0. The number of amides is 2. The Morgan fingerprint density at radius 2 is 1.79 bits per heavy atom. The molecule has 3 aliphatic heterocycles. The second-order valence-electron chi connectivity index (χ2n) is 8.44. The Morgan fingerprint density at radius 3 is 2.57 bits per heavy atom. The van der Waals surface area contributed by atoms with E-state index >= 15 is 0 Å². The molecule has 2 saturated heterocycles. The second-order valence-corrected chi connectivity index (χ2v) is 8.44. The van der Waals surface area contributed by atoms with Crippen molar-refractivity contribution in [2.24, 2.45) is 5.92 Å². The minimum absolute atomic E-state index is 0.0128. The SMILES string of the molecule is CC1CCN(CC(=O)N2CCO[C@H](C(=O)N3CCc4ccccc4C3)C2)CC1. The molecule has 2 amide bonds. The molecule has 2 fully saturated rings. The lowest BCUT2D eigenvalue weighted by Crippen LogP contribution is -2.55. The van der Waals surface area contributed by atoms with Crippen molar-refractivity contribution in [3.63, 3.8) is 0 Å². The van der Waals surface area contributed by atoms with Crippen LogP contribution >= 0.6 is 0 Å². The number of hydrogen-bond acceptors (Lipinski definition) is 4. The first-order chi connectivity index (χ1) is 13.6. The van der Waals surface area contributed by atoms with Gasteiger partial charge in [0.2, 0.25) is 5.91 Å². The quantitative estimate of drug-likeness (QED) is 0.792. The Hall–Kier alpha value is -1.92. The lowest BCUT2D eigenvalue weighted by molar-refractivity contribution is -0.155. The topological polar surface area (TPSA) is 53.1 Å². The number of benzene rings is 1. The van der Waals surface area contributed by atoms with Crippen molar-refractivity contribution in [1.29, 1.82) is 0 Å². The van der Waals surface area contributed by atoms with Crippen LogP contribution in [0.15, 0.2) is 24.3 Å². The molecule has 6 heteroatoms. The van der Waals surface area contributed by atoms with Gasteiger partial charge in [-0.2, -0.15) is 0 Å². The van der Waals surface area contributed by atoms with Crippen LogP contribution < -0.4 is 0 Å². The van der Waals surface area contributed by atoms with E-state index in [1.165, 1.54) is 11.1 Å². The van der Waals surface area contributed by atoms with Crippen LogP contribution in [0.1, 0.15) is 30.9 Å². The summed E-state index contributed by atoms with van der Waals surface area (Å²) in [6.45, 7) is 7.46. The third-order valence-corrected chi connectivity index (χ3v) is 6.37. The van der Waals surface area contributed by atoms with Gasteiger partial charge >= 0.3 is 0 Å². The number of nitrogens with zero attached hydrogens (tertiary/aromatic N) is 3. The summed E-state index contributed by atoms with van der Waals surface area (Å²) in [4.78, 5) is 31.7. The Kier molecular flexibility index (Phi) is 5.97. The first-order valence-electron chi connectivity index (χ1n) is 10.6. The molecule has 0 saturated carbocycles.